The van der Waals surface area contributed by atoms with Crippen LogP contribution in [0.2, 0.25) is 0 Å². The Hall–Kier alpha value is -4.47. The molecular formula is C31H32N6O3. The number of hydrogen-bond acceptors (Lipinski definition) is 5. The number of piperazine rings is 1. The zero-order valence-electron chi connectivity index (χ0n) is 22.4. The van der Waals surface area contributed by atoms with Crippen LogP contribution in [0.5, 0.6) is 0 Å². The highest BCUT2D eigenvalue weighted by molar-refractivity contribution is 6.06. The van der Waals surface area contributed by atoms with Gasteiger partial charge in [-0.25, -0.2) is 4.98 Å². The number of carboxylic acid groups (broad SMARTS) is 1. The summed E-state index contributed by atoms with van der Waals surface area (Å²) >= 11 is 0. The lowest BCUT2D eigenvalue weighted by molar-refractivity contribution is -0.137. The van der Waals surface area contributed by atoms with Crippen LogP contribution in [0.4, 0.5) is 5.69 Å². The highest BCUT2D eigenvalue weighted by Crippen LogP contribution is 2.30. The Balaban J connectivity index is 1.15. The van der Waals surface area contributed by atoms with E-state index in [1.165, 1.54) is 5.56 Å². The van der Waals surface area contributed by atoms with Crippen LogP contribution < -0.4 is 5.32 Å². The number of aromatic nitrogens is 3. The summed E-state index contributed by atoms with van der Waals surface area (Å²) in [5.74, 6) is -0.478. The number of anilines is 1. The predicted octanol–water partition coefficient (Wildman–Crippen LogP) is 4.31. The maximum atomic E-state index is 13.0. The third kappa shape index (κ3) is 5.47. The number of fused-ring (bicyclic) bond motifs is 2. The number of para-hydroxylation sites is 1. The molecule has 0 radical (unpaired) electrons. The Kier molecular flexibility index (Phi) is 7.06. The van der Waals surface area contributed by atoms with Gasteiger partial charge in [0.05, 0.1) is 11.0 Å². The van der Waals surface area contributed by atoms with Crippen molar-refractivity contribution in [3.63, 3.8) is 0 Å². The minimum atomic E-state index is -0.909. The number of aromatic amines is 1. The van der Waals surface area contributed by atoms with E-state index in [0.717, 1.165) is 72.3 Å². The first-order valence-electron chi connectivity index (χ1n) is 13.5. The summed E-state index contributed by atoms with van der Waals surface area (Å²) in [5, 5.41) is 13.2. The summed E-state index contributed by atoms with van der Waals surface area (Å²) in [6.07, 6.45) is 2.80. The molecule has 0 unspecified atom stereocenters. The Morgan fingerprint density at radius 2 is 1.77 bits per heavy atom. The van der Waals surface area contributed by atoms with Gasteiger partial charge in [0.1, 0.15) is 12.4 Å². The van der Waals surface area contributed by atoms with Gasteiger partial charge in [0.25, 0.3) is 5.91 Å². The molecule has 2 aromatic heterocycles. The van der Waals surface area contributed by atoms with Gasteiger partial charge in [0.15, 0.2) is 0 Å². The molecule has 0 bridgehead atoms. The first-order chi connectivity index (χ1) is 19.4. The number of imidazole rings is 1. The van der Waals surface area contributed by atoms with Crippen LogP contribution in [-0.2, 0) is 17.8 Å². The van der Waals surface area contributed by atoms with Crippen molar-refractivity contribution in [1.82, 2.24) is 24.3 Å². The van der Waals surface area contributed by atoms with Crippen LogP contribution >= 0.6 is 0 Å². The lowest BCUT2D eigenvalue weighted by Gasteiger charge is -2.32. The first-order valence-corrected chi connectivity index (χ1v) is 13.5. The molecule has 0 atom stereocenters. The van der Waals surface area contributed by atoms with Crippen LogP contribution in [0.3, 0.4) is 0 Å². The van der Waals surface area contributed by atoms with E-state index in [0.29, 0.717) is 11.4 Å². The number of carbonyl (C=O) groups excluding carboxylic acids is 1. The summed E-state index contributed by atoms with van der Waals surface area (Å²) in [7, 11) is 2.17. The van der Waals surface area contributed by atoms with E-state index in [2.05, 4.69) is 39.3 Å². The predicted molar refractivity (Wildman–Crippen MR) is 157 cm³/mol. The topological polar surface area (TPSA) is 106 Å². The van der Waals surface area contributed by atoms with E-state index >= 15 is 0 Å². The molecule has 204 valence electrons. The second-order valence-corrected chi connectivity index (χ2v) is 10.4. The highest BCUT2D eigenvalue weighted by atomic mass is 16.4. The van der Waals surface area contributed by atoms with Gasteiger partial charge in [0, 0.05) is 66.6 Å². The van der Waals surface area contributed by atoms with Crippen LogP contribution in [0, 0.1) is 0 Å². The molecule has 3 aromatic carbocycles. The minimum absolute atomic E-state index is 0.137. The number of hydrogen-bond donors (Lipinski definition) is 3. The molecule has 9 nitrogen and oxygen atoms in total. The van der Waals surface area contributed by atoms with Crippen molar-refractivity contribution in [3.8, 4) is 11.4 Å². The van der Waals surface area contributed by atoms with Crippen molar-refractivity contribution >= 4 is 39.5 Å². The fourth-order valence-electron chi connectivity index (χ4n) is 5.31. The average Bonchev–Trinajstić information content (AvgIpc) is 3.54. The summed E-state index contributed by atoms with van der Waals surface area (Å²) < 4.78 is 1.71. The number of H-pyrrole nitrogens is 1. The quantitative estimate of drug-likeness (QED) is 0.273. The second-order valence-electron chi connectivity index (χ2n) is 10.4. The third-order valence-corrected chi connectivity index (χ3v) is 7.62. The fourth-order valence-corrected chi connectivity index (χ4v) is 5.31. The van der Waals surface area contributed by atoms with Gasteiger partial charge < -0.3 is 29.8 Å². The second kappa shape index (κ2) is 11.0. The van der Waals surface area contributed by atoms with Gasteiger partial charge in [-0.3, -0.25) is 9.59 Å². The molecule has 5 aromatic rings. The smallest absolute Gasteiger partial charge is 0.323 e. The van der Waals surface area contributed by atoms with Crippen molar-refractivity contribution in [1.29, 1.82) is 0 Å². The summed E-state index contributed by atoms with van der Waals surface area (Å²) in [5.41, 5.74) is 5.63. The lowest BCUT2D eigenvalue weighted by Crippen LogP contribution is -2.45. The SMILES string of the molecule is CN1CCN(CCc2ccc(NC(=O)c3ccc4nc(-c5cn(CC(=O)O)c6ccccc56)[nH]c4c3)cc2)CC1. The summed E-state index contributed by atoms with van der Waals surface area (Å²) in [6, 6.07) is 21.1. The van der Waals surface area contributed by atoms with Gasteiger partial charge in [0.2, 0.25) is 0 Å². The zero-order valence-corrected chi connectivity index (χ0v) is 22.4. The van der Waals surface area contributed by atoms with Crippen LogP contribution in [0.1, 0.15) is 15.9 Å². The molecule has 9 heteroatoms. The summed E-state index contributed by atoms with van der Waals surface area (Å²) in [6.45, 7) is 5.37. The number of nitrogens with one attached hydrogen (secondary N) is 2. The van der Waals surface area contributed by atoms with Crippen LogP contribution in [0.25, 0.3) is 33.3 Å². The molecule has 0 saturated carbocycles. The van der Waals surface area contributed by atoms with E-state index in [1.807, 2.05) is 42.5 Å². The number of carboxylic acids is 1. The third-order valence-electron chi connectivity index (χ3n) is 7.62. The molecule has 0 aliphatic carbocycles. The molecular weight excluding hydrogens is 504 g/mol. The Morgan fingerprint density at radius 3 is 2.55 bits per heavy atom. The van der Waals surface area contributed by atoms with Crippen molar-refractivity contribution in [2.75, 3.05) is 45.1 Å². The number of nitrogens with zero attached hydrogens (tertiary/aromatic N) is 4. The number of benzene rings is 3. The van der Waals surface area contributed by atoms with Crippen molar-refractivity contribution < 1.29 is 14.7 Å². The molecule has 40 heavy (non-hydrogen) atoms. The maximum Gasteiger partial charge on any atom is 0.323 e. The van der Waals surface area contributed by atoms with E-state index in [1.54, 1.807) is 22.9 Å². The summed E-state index contributed by atoms with van der Waals surface area (Å²) in [4.78, 5) is 37.3. The van der Waals surface area contributed by atoms with Gasteiger partial charge in [-0.15, -0.1) is 0 Å². The molecule has 1 fully saturated rings. The zero-order chi connectivity index (χ0) is 27.6. The normalized spacial score (nSPS) is 14.6. The van der Waals surface area contributed by atoms with Gasteiger partial charge in [-0.05, 0) is 55.4 Å². The standard InChI is InChI=1S/C31H32N6O3/c1-35-14-16-36(17-15-35)13-12-21-6-9-23(10-7-21)32-31(40)22-8-11-26-27(18-22)34-30(33-26)25-19-37(20-29(38)39)28-5-3-2-4-24(25)28/h2-11,18-19H,12-17,20H2,1H3,(H,32,40)(H,33,34)(H,38,39). The molecule has 1 saturated heterocycles. The largest absolute Gasteiger partial charge is 0.480 e. The Morgan fingerprint density at radius 1 is 1.00 bits per heavy atom. The number of likely N-dealkylation sites (N-methyl/N-ethyl adjacent to an activating group) is 1. The average molecular weight is 537 g/mol. The van der Waals surface area contributed by atoms with E-state index in [-0.39, 0.29) is 12.5 Å². The van der Waals surface area contributed by atoms with Gasteiger partial charge >= 0.3 is 5.97 Å². The van der Waals surface area contributed by atoms with Gasteiger partial charge in [-0.2, -0.15) is 0 Å². The van der Waals surface area contributed by atoms with E-state index < -0.39 is 5.97 Å². The molecule has 6 rings (SSSR count). The Bertz CT molecular complexity index is 1680. The number of aliphatic carboxylic acids is 1. The van der Waals surface area contributed by atoms with Crippen LogP contribution in [0.15, 0.2) is 72.9 Å². The fraction of sp³-hybridized carbons (Fsp3) is 0.258. The van der Waals surface area contributed by atoms with Crippen LogP contribution in [-0.4, -0.2) is 81.1 Å². The maximum absolute atomic E-state index is 13.0. The molecule has 3 heterocycles. The highest BCUT2D eigenvalue weighted by Gasteiger charge is 2.16. The first kappa shape index (κ1) is 25.8. The molecule has 1 aliphatic heterocycles. The Labute approximate surface area is 232 Å². The van der Waals surface area contributed by atoms with Gasteiger partial charge in [-0.1, -0.05) is 30.3 Å². The lowest BCUT2D eigenvalue weighted by atomic mass is 10.1. The number of carbonyl (C=O) groups is 2. The van der Waals surface area contributed by atoms with Crippen molar-refractivity contribution in [2.24, 2.45) is 0 Å². The van der Waals surface area contributed by atoms with E-state index in [9.17, 15) is 14.7 Å². The molecule has 3 N–H and O–H groups in total. The monoisotopic (exact) mass is 536 g/mol. The number of amides is 1. The van der Waals surface area contributed by atoms with E-state index in [4.69, 9.17) is 4.98 Å². The number of rotatable bonds is 8. The molecule has 1 amide bonds. The van der Waals surface area contributed by atoms with Crippen molar-refractivity contribution in [2.45, 2.75) is 13.0 Å². The molecule has 0 spiro atoms. The minimum Gasteiger partial charge on any atom is -0.480 e. The van der Waals surface area contributed by atoms with Crippen molar-refractivity contribution in [3.05, 3.63) is 84.1 Å². The molecule has 1 aliphatic rings.